The van der Waals surface area contributed by atoms with E-state index in [-0.39, 0.29) is 11.6 Å². The summed E-state index contributed by atoms with van der Waals surface area (Å²) in [4.78, 5) is 0. The molecule has 0 fully saturated rings. The van der Waals surface area contributed by atoms with Crippen LogP contribution in [-0.2, 0) is 10.0 Å². The van der Waals surface area contributed by atoms with E-state index in [0.717, 1.165) is 6.07 Å². The summed E-state index contributed by atoms with van der Waals surface area (Å²) in [5, 5.41) is 14.0. The molecule has 0 radical (unpaired) electrons. The molecule has 0 atom stereocenters. The number of H-pyrrole nitrogens is 1. The molecule has 6 nitrogen and oxygen atoms in total. The molecular formula is C7H11F2N3O3S. The summed E-state index contributed by atoms with van der Waals surface area (Å²) in [5.74, 6) is 0. The quantitative estimate of drug-likeness (QED) is 0.728. The fraction of sp³-hybridized carbons (Fsp3) is 0.571. The first kappa shape index (κ1) is 13.0. The van der Waals surface area contributed by atoms with Crippen molar-refractivity contribution in [2.45, 2.75) is 11.5 Å². The van der Waals surface area contributed by atoms with Crippen LogP contribution < -0.4 is 0 Å². The van der Waals surface area contributed by atoms with Crippen molar-refractivity contribution in [2.24, 2.45) is 0 Å². The number of aromatic amines is 1. The number of hydrogen-bond acceptors (Lipinski definition) is 4. The predicted molar refractivity (Wildman–Crippen MR) is 50.4 cm³/mol. The monoisotopic (exact) mass is 255 g/mol. The molecule has 1 heterocycles. The Morgan fingerprint density at radius 3 is 2.69 bits per heavy atom. The van der Waals surface area contributed by atoms with Gasteiger partial charge in [-0.15, -0.1) is 0 Å². The minimum Gasteiger partial charge on any atom is -0.395 e. The Balaban J connectivity index is 2.93. The van der Waals surface area contributed by atoms with Crippen molar-refractivity contribution in [1.82, 2.24) is 14.5 Å². The molecule has 0 aliphatic rings. The molecule has 0 spiro atoms. The molecule has 0 aliphatic carbocycles. The predicted octanol–water partition coefficient (Wildman–Crippen LogP) is -0.342. The molecule has 9 heteroatoms. The fourth-order valence-corrected chi connectivity index (χ4v) is 2.41. The third kappa shape index (κ3) is 2.97. The van der Waals surface area contributed by atoms with Crippen LogP contribution >= 0.6 is 0 Å². The van der Waals surface area contributed by atoms with Crippen LogP contribution in [-0.4, -0.2) is 54.1 Å². The summed E-state index contributed by atoms with van der Waals surface area (Å²) in [5.41, 5.74) is 0. The summed E-state index contributed by atoms with van der Waals surface area (Å²) in [6.07, 6.45) is -1.60. The molecule has 92 valence electrons. The zero-order chi connectivity index (χ0) is 12.2. The first-order valence-corrected chi connectivity index (χ1v) is 5.81. The van der Waals surface area contributed by atoms with Crippen molar-refractivity contribution >= 4 is 10.0 Å². The number of nitrogens with one attached hydrogen (secondary N) is 1. The third-order valence-corrected chi connectivity index (χ3v) is 3.58. The Bertz CT molecular complexity index is 407. The van der Waals surface area contributed by atoms with E-state index in [0.29, 0.717) is 4.31 Å². The van der Waals surface area contributed by atoms with Crippen molar-refractivity contribution < 1.29 is 22.3 Å². The fourth-order valence-electron chi connectivity index (χ4n) is 1.10. The molecule has 1 rings (SSSR count). The molecule has 0 unspecified atom stereocenters. The number of rotatable bonds is 6. The zero-order valence-corrected chi connectivity index (χ0v) is 8.99. The average Bonchev–Trinajstić information content (AvgIpc) is 2.69. The largest absolute Gasteiger partial charge is 0.395 e. The lowest BCUT2D eigenvalue weighted by molar-refractivity contribution is 0.113. The highest BCUT2D eigenvalue weighted by molar-refractivity contribution is 7.89. The van der Waals surface area contributed by atoms with Crippen molar-refractivity contribution in [3.05, 3.63) is 12.3 Å². The number of aliphatic hydroxyl groups is 1. The normalized spacial score (nSPS) is 12.6. The molecule has 0 saturated heterocycles. The number of alkyl halides is 2. The van der Waals surface area contributed by atoms with E-state index in [2.05, 4.69) is 10.2 Å². The molecule has 1 aromatic heterocycles. The van der Waals surface area contributed by atoms with Crippen LogP contribution in [0.1, 0.15) is 0 Å². The van der Waals surface area contributed by atoms with Crippen LogP contribution in [0, 0.1) is 0 Å². The number of aliphatic hydroxyl groups excluding tert-OH is 1. The van der Waals surface area contributed by atoms with Crippen LogP contribution in [0.2, 0.25) is 0 Å². The number of sulfonamides is 1. The first-order valence-electron chi connectivity index (χ1n) is 4.37. The van der Waals surface area contributed by atoms with Gasteiger partial charge in [-0.05, 0) is 6.07 Å². The van der Waals surface area contributed by atoms with Gasteiger partial charge >= 0.3 is 0 Å². The minimum atomic E-state index is -4.04. The lowest BCUT2D eigenvalue weighted by Crippen LogP contribution is -2.37. The van der Waals surface area contributed by atoms with Crippen LogP contribution in [0.15, 0.2) is 17.3 Å². The van der Waals surface area contributed by atoms with E-state index in [1.54, 1.807) is 0 Å². The second-order valence-electron chi connectivity index (χ2n) is 2.90. The smallest absolute Gasteiger partial charge is 0.260 e. The summed E-state index contributed by atoms with van der Waals surface area (Å²) in [6.45, 7) is -1.87. The SMILES string of the molecule is O=S(=O)(c1ccn[nH]1)N(CCO)CC(F)F. The van der Waals surface area contributed by atoms with Crippen molar-refractivity contribution in [3.63, 3.8) is 0 Å². The lowest BCUT2D eigenvalue weighted by Gasteiger charge is -2.19. The van der Waals surface area contributed by atoms with Crippen molar-refractivity contribution in [3.8, 4) is 0 Å². The first-order chi connectivity index (χ1) is 7.48. The molecule has 0 bridgehead atoms. The Morgan fingerprint density at radius 2 is 2.25 bits per heavy atom. The van der Waals surface area contributed by atoms with Crippen LogP contribution in [0.4, 0.5) is 8.78 Å². The zero-order valence-electron chi connectivity index (χ0n) is 8.18. The lowest BCUT2D eigenvalue weighted by atomic mass is 10.6. The van der Waals surface area contributed by atoms with Gasteiger partial charge in [0.2, 0.25) is 0 Å². The van der Waals surface area contributed by atoms with Gasteiger partial charge in [-0.25, -0.2) is 17.2 Å². The third-order valence-electron chi connectivity index (χ3n) is 1.78. The number of nitrogens with zero attached hydrogens (tertiary/aromatic N) is 2. The van der Waals surface area contributed by atoms with Gasteiger partial charge in [0.1, 0.15) is 0 Å². The number of hydrogen-bond donors (Lipinski definition) is 2. The van der Waals surface area contributed by atoms with Crippen molar-refractivity contribution in [2.75, 3.05) is 19.7 Å². The second-order valence-corrected chi connectivity index (χ2v) is 4.80. The van der Waals surface area contributed by atoms with E-state index in [1.165, 1.54) is 6.20 Å². The van der Waals surface area contributed by atoms with E-state index < -0.39 is 29.6 Å². The summed E-state index contributed by atoms with van der Waals surface area (Å²) in [7, 11) is -4.04. The molecule has 0 aliphatic heterocycles. The molecule has 0 saturated carbocycles. The van der Waals surface area contributed by atoms with E-state index in [9.17, 15) is 17.2 Å². The molecule has 2 N–H and O–H groups in total. The van der Waals surface area contributed by atoms with Crippen LogP contribution in [0.3, 0.4) is 0 Å². The molecule has 16 heavy (non-hydrogen) atoms. The second kappa shape index (κ2) is 5.32. The average molecular weight is 255 g/mol. The van der Waals surface area contributed by atoms with Gasteiger partial charge < -0.3 is 5.11 Å². The van der Waals surface area contributed by atoms with E-state index in [1.807, 2.05) is 0 Å². The Labute approximate surface area is 90.9 Å². The Hall–Kier alpha value is -1.06. The van der Waals surface area contributed by atoms with Gasteiger partial charge in [0.25, 0.3) is 16.4 Å². The maximum Gasteiger partial charge on any atom is 0.260 e. The topological polar surface area (TPSA) is 86.3 Å². The van der Waals surface area contributed by atoms with E-state index in [4.69, 9.17) is 5.11 Å². The van der Waals surface area contributed by atoms with Crippen molar-refractivity contribution in [1.29, 1.82) is 0 Å². The van der Waals surface area contributed by atoms with E-state index >= 15 is 0 Å². The summed E-state index contributed by atoms with van der Waals surface area (Å²) >= 11 is 0. The van der Waals surface area contributed by atoms with Gasteiger partial charge in [-0.1, -0.05) is 0 Å². The highest BCUT2D eigenvalue weighted by atomic mass is 32.2. The Morgan fingerprint density at radius 1 is 1.56 bits per heavy atom. The standard InChI is InChI=1S/C7H11F2N3O3S/c8-6(9)5-12(3-4-13)16(14,15)7-1-2-10-11-7/h1-2,6,13H,3-5H2,(H,10,11). The molecule has 0 amide bonds. The van der Waals surface area contributed by atoms with Gasteiger partial charge in [-0.3, -0.25) is 5.10 Å². The van der Waals surface area contributed by atoms with Crippen LogP contribution in [0.25, 0.3) is 0 Å². The van der Waals surface area contributed by atoms with Gasteiger partial charge in [0.05, 0.1) is 19.3 Å². The molecule has 1 aromatic rings. The Kier molecular flexibility index (Phi) is 4.33. The van der Waals surface area contributed by atoms with Gasteiger partial charge in [-0.2, -0.15) is 9.40 Å². The highest BCUT2D eigenvalue weighted by Crippen LogP contribution is 2.13. The summed E-state index contributed by atoms with van der Waals surface area (Å²) in [6, 6.07) is 1.16. The van der Waals surface area contributed by atoms with Gasteiger partial charge in [0, 0.05) is 6.54 Å². The summed E-state index contributed by atoms with van der Waals surface area (Å²) < 4.78 is 48.3. The molecular weight excluding hydrogens is 244 g/mol. The molecule has 0 aromatic carbocycles. The number of halogens is 2. The number of aromatic nitrogens is 2. The van der Waals surface area contributed by atoms with Crippen LogP contribution in [0.5, 0.6) is 0 Å². The van der Waals surface area contributed by atoms with Gasteiger partial charge in [0.15, 0.2) is 5.03 Å². The maximum absolute atomic E-state index is 12.2. The highest BCUT2D eigenvalue weighted by Gasteiger charge is 2.27. The minimum absolute atomic E-state index is 0.276. The maximum atomic E-state index is 12.2.